The second-order valence-electron chi connectivity index (χ2n) is 7.55. The molecule has 168 valence electrons. The number of nitrogens with zero attached hydrogens (tertiary/aromatic N) is 2. The summed E-state index contributed by atoms with van der Waals surface area (Å²) in [6.45, 7) is 10.6. The number of carbonyl (C=O) groups is 2. The molecule has 1 unspecified atom stereocenters. The summed E-state index contributed by atoms with van der Waals surface area (Å²) in [7, 11) is -3.78. The van der Waals surface area contributed by atoms with Crippen molar-refractivity contribution in [3.63, 3.8) is 0 Å². The maximum atomic E-state index is 13.1. The van der Waals surface area contributed by atoms with Gasteiger partial charge in [-0.25, -0.2) is 8.42 Å². The van der Waals surface area contributed by atoms with E-state index in [9.17, 15) is 18.0 Å². The van der Waals surface area contributed by atoms with Gasteiger partial charge in [0.1, 0.15) is 16.7 Å². The van der Waals surface area contributed by atoms with Crippen molar-refractivity contribution >= 4 is 27.5 Å². The highest BCUT2D eigenvalue weighted by Gasteiger charge is 2.35. The molecule has 1 N–H and O–H groups in total. The van der Waals surface area contributed by atoms with E-state index in [1.807, 2.05) is 13.8 Å². The Hall–Kier alpha value is -2.13. The van der Waals surface area contributed by atoms with E-state index in [0.29, 0.717) is 38.3 Å². The van der Waals surface area contributed by atoms with Crippen LogP contribution in [0.15, 0.2) is 23.1 Å². The van der Waals surface area contributed by atoms with Crippen molar-refractivity contribution in [2.45, 2.75) is 58.4 Å². The molecule has 2 amide bonds. The Balaban J connectivity index is 2.38. The molecule has 1 saturated heterocycles. The van der Waals surface area contributed by atoms with E-state index in [1.54, 1.807) is 37.8 Å². The van der Waals surface area contributed by atoms with Crippen molar-refractivity contribution in [3.05, 3.63) is 18.2 Å². The van der Waals surface area contributed by atoms with Crippen LogP contribution in [0.1, 0.15) is 47.5 Å². The summed E-state index contributed by atoms with van der Waals surface area (Å²) >= 11 is 0. The molecule has 1 fully saturated rings. The lowest BCUT2D eigenvalue weighted by molar-refractivity contribution is -0.136. The van der Waals surface area contributed by atoms with Gasteiger partial charge in [-0.05, 0) is 37.5 Å². The van der Waals surface area contributed by atoms with E-state index >= 15 is 0 Å². The van der Waals surface area contributed by atoms with Gasteiger partial charge >= 0.3 is 0 Å². The van der Waals surface area contributed by atoms with Crippen molar-refractivity contribution in [1.82, 2.24) is 9.21 Å². The third-order valence-electron chi connectivity index (χ3n) is 5.18. The average molecular weight is 440 g/mol. The van der Waals surface area contributed by atoms with Crippen LogP contribution in [0, 0.1) is 5.92 Å². The van der Waals surface area contributed by atoms with Crippen LogP contribution in [-0.4, -0.2) is 61.7 Å². The fourth-order valence-electron chi connectivity index (χ4n) is 3.75. The van der Waals surface area contributed by atoms with Crippen LogP contribution < -0.4 is 10.1 Å². The molecule has 0 saturated carbocycles. The fourth-order valence-corrected chi connectivity index (χ4v) is 5.36. The summed E-state index contributed by atoms with van der Waals surface area (Å²) in [5, 5.41) is 2.81. The topological polar surface area (TPSA) is 96.0 Å². The van der Waals surface area contributed by atoms with Gasteiger partial charge in [-0.3, -0.25) is 9.59 Å². The summed E-state index contributed by atoms with van der Waals surface area (Å²) in [4.78, 5) is 26.8. The molecule has 9 heteroatoms. The highest BCUT2D eigenvalue weighted by molar-refractivity contribution is 7.89. The van der Waals surface area contributed by atoms with Gasteiger partial charge in [-0.1, -0.05) is 27.7 Å². The molecule has 8 nitrogen and oxygen atoms in total. The monoisotopic (exact) mass is 439 g/mol. The minimum absolute atomic E-state index is 0.0178. The maximum absolute atomic E-state index is 13.1. The van der Waals surface area contributed by atoms with Crippen LogP contribution in [0.2, 0.25) is 0 Å². The second-order valence-corrected chi connectivity index (χ2v) is 9.46. The van der Waals surface area contributed by atoms with Gasteiger partial charge in [0, 0.05) is 31.7 Å². The fraction of sp³-hybridized carbons (Fsp3) is 0.619. The van der Waals surface area contributed by atoms with Gasteiger partial charge in [-0.2, -0.15) is 4.31 Å². The maximum Gasteiger partial charge on any atom is 0.247 e. The number of carbonyl (C=O) groups excluding carboxylic acids is 2. The number of rotatable bonds is 10. The van der Waals surface area contributed by atoms with Gasteiger partial charge in [0.05, 0.1) is 6.61 Å². The molecular formula is C21H33N3O5S. The predicted octanol–water partition coefficient (Wildman–Crippen LogP) is 2.70. The number of anilines is 1. The normalized spacial score (nSPS) is 15.7. The third kappa shape index (κ3) is 5.13. The van der Waals surface area contributed by atoms with E-state index in [0.717, 1.165) is 6.42 Å². The van der Waals surface area contributed by atoms with E-state index in [4.69, 9.17) is 4.74 Å². The van der Waals surface area contributed by atoms with Crippen LogP contribution in [0.4, 0.5) is 5.69 Å². The van der Waals surface area contributed by atoms with Crippen molar-refractivity contribution < 1.29 is 22.7 Å². The minimum Gasteiger partial charge on any atom is -0.492 e. The Labute approximate surface area is 179 Å². The van der Waals surface area contributed by atoms with Crippen molar-refractivity contribution in [2.24, 2.45) is 5.92 Å². The number of hydrogen-bond donors (Lipinski definition) is 1. The highest BCUT2D eigenvalue weighted by Crippen LogP contribution is 2.30. The average Bonchev–Trinajstić information content (AvgIpc) is 3.09. The molecule has 0 spiro atoms. The number of likely N-dealkylation sites (tertiary alicyclic amines) is 1. The molecule has 0 aromatic heterocycles. The van der Waals surface area contributed by atoms with E-state index < -0.39 is 16.1 Å². The number of amides is 2. The number of ether oxygens (including phenoxy) is 1. The first-order chi connectivity index (χ1) is 14.2. The van der Waals surface area contributed by atoms with Gasteiger partial charge in [0.15, 0.2) is 0 Å². The lowest BCUT2D eigenvalue weighted by Gasteiger charge is -2.30. The smallest absolute Gasteiger partial charge is 0.247 e. The van der Waals surface area contributed by atoms with Crippen LogP contribution in [-0.2, 0) is 19.6 Å². The van der Waals surface area contributed by atoms with Gasteiger partial charge in [0.2, 0.25) is 21.8 Å². The first-order valence-electron chi connectivity index (χ1n) is 10.5. The minimum atomic E-state index is -3.78. The third-order valence-corrected chi connectivity index (χ3v) is 7.25. The SMILES string of the molecule is CCOc1ccc(NC(=O)C(C(C)C)N2CCCC2=O)cc1S(=O)(=O)N(CC)CC. The quantitative estimate of drug-likeness (QED) is 0.605. The summed E-state index contributed by atoms with van der Waals surface area (Å²) in [6, 6.07) is 4.00. The first kappa shape index (κ1) is 24.1. The molecule has 1 aliphatic heterocycles. The molecule has 1 atom stereocenters. The second kappa shape index (κ2) is 10.3. The molecule has 0 radical (unpaired) electrons. The molecule has 0 bridgehead atoms. The van der Waals surface area contributed by atoms with Crippen molar-refractivity contribution in [3.8, 4) is 5.75 Å². The molecule has 1 heterocycles. The molecule has 2 rings (SSSR count). The van der Waals surface area contributed by atoms with E-state index in [2.05, 4.69) is 5.32 Å². The summed E-state index contributed by atoms with van der Waals surface area (Å²) in [5.74, 6) is -0.179. The molecule has 1 aromatic carbocycles. The number of sulfonamides is 1. The van der Waals surface area contributed by atoms with Crippen LogP contribution in [0.25, 0.3) is 0 Å². The zero-order valence-electron chi connectivity index (χ0n) is 18.5. The predicted molar refractivity (Wildman–Crippen MR) is 116 cm³/mol. The van der Waals surface area contributed by atoms with Crippen LogP contribution in [0.5, 0.6) is 5.75 Å². The zero-order valence-corrected chi connectivity index (χ0v) is 19.3. The first-order valence-corrected chi connectivity index (χ1v) is 12.0. The van der Waals surface area contributed by atoms with Gasteiger partial charge in [0.25, 0.3) is 0 Å². The molecule has 1 aliphatic rings. The molecule has 1 aromatic rings. The Morgan fingerprint density at radius 2 is 1.90 bits per heavy atom. The molecule has 30 heavy (non-hydrogen) atoms. The number of benzene rings is 1. The van der Waals surface area contributed by atoms with E-state index in [1.165, 1.54) is 10.4 Å². The Kier molecular flexibility index (Phi) is 8.25. The van der Waals surface area contributed by atoms with Crippen molar-refractivity contribution in [1.29, 1.82) is 0 Å². The standard InChI is InChI=1S/C21H33N3O5S/c1-6-23(7-2)30(27,28)18-14-16(11-12-17(18)29-8-3)22-21(26)20(15(4)5)24-13-9-10-19(24)25/h11-12,14-15,20H,6-10,13H2,1-5H3,(H,22,26). The summed E-state index contributed by atoms with van der Waals surface area (Å²) in [6.07, 6.45) is 1.19. The zero-order chi connectivity index (χ0) is 22.5. The Bertz CT molecular complexity index is 865. The molecular weight excluding hydrogens is 406 g/mol. The number of hydrogen-bond acceptors (Lipinski definition) is 5. The van der Waals surface area contributed by atoms with E-state index in [-0.39, 0.29) is 28.4 Å². The largest absolute Gasteiger partial charge is 0.492 e. The number of nitrogens with one attached hydrogen (secondary N) is 1. The lowest BCUT2D eigenvalue weighted by atomic mass is 10.0. The van der Waals surface area contributed by atoms with Crippen LogP contribution >= 0.6 is 0 Å². The summed E-state index contributed by atoms with van der Waals surface area (Å²) in [5.41, 5.74) is 0.353. The van der Waals surface area contributed by atoms with Gasteiger partial charge in [-0.15, -0.1) is 0 Å². The Morgan fingerprint density at radius 3 is 2.40 bits per heavy atom. The molecule has 0 aliphatic carbocycles. The highest BCUT2D eigenvalue weighted by atomic mass is 32.2. The van der Waals surface area contributed by atoms with Crippen LogP contribution in [0.3, 0.4) is 0 Å². The van der Waals surface area contributed by atoms with Gasteiger partial charge < -0.3 is 15.0 Å². The Morgan fingerprint density at radius 1 is 1.23 bits per heavy atom. The lowest BCUT2D eigenvalue weighted by Crippen LogP contribution is -2.48. The summed E-state index contributed by atoms with van der Waals surface area (Å²) < 4.78 is 33.1. The van der Waals surface area contributed by atoms with Crippen molar-refractivity contribution in [2.75, 3.05) is 31.6 Å².